The van der Waals surface area contributed by atoms with Gasteiger partial charge in [-0.05, 0) is 67.1 Å². The van der Waals surface area contributed by atoms with Crippen molar-refractivity contribution >= 4 is 5.57 Å². The number of aryl methyl sites for hydroxylation is 1. The summed E-state index contributed by atoms with van der Waals surface area (Å²) in [7, 11) is 0. The molecule has 0 unspecified atom stereocenters. The van der Waals surface area contributed by atoms with Crippen LogP contribution in [0.4, 0.5) is 0 Å². The highest BCUT2D eigenvalue weighted by atomic mass is 16.3. The average Bonchev–Trinajstić information content (AvgIpc) is 2.55. The maximum atomic E-state index is 9.90. The lowest BCUT2D eigenvalue weighted by Crippen LogP contribution is -2.09. The molecule has 0 amide bonds. The van der Waals surface area contributed by atoms with E-state index in [0.717, 1.165) is 32.2 Å². The van der Waals surface area contributed by atoms with Gasteiger partial charge in [0.15, 0.2) is 0 Å². The van der Waals surface area contributed by atoms with Crippen molar-refractivity contribution in [2.45, 2.75) is 67.2 Å². The third kappa shape index (κ3) is 7.72. The molecule has 0 spiro atoms. The molecule has 0 aliphatic carbocycles. The van der Waals surface area contributed by atoms with Gasteiger partial charge in [0.1, 0.15) is 5.75 Å². The van der Waals surface area contributed by atoms with Crippen LogP contribution >= 0.6 is 0 Å². The van der Waals surface area contributed by atoms with E-state index in [-0.39, 0.29) is 0 Å². The van der Waals surface area contributed by atoms with E-state index in [1.54, 1.807) is 12.3 Å². The van der Waals surface area contributed by atoms with E-state index in [9.17, 15) is 5.11 Å². The largest absolute Gasteiger partial charge is 0.508 e. The van der Waals surface area contributed by atoms with Gasteiger partial charge in [-0.25, -0.2) is 0 Å². The molecule has 136 valence electrons. The Hall–Kier alpha value is -1.70. The third-order valence-corrected chi connectivity index (χ3v) is 3.84. The van der Waals surface area contributed by atoms with Crippen LogP contribution in [0.15, 0.2) is 36.6 Å². The SMILES string of the molecule is C=CNCC/C(=C(/CCC)CC(C)C)c1cc(O)ccc1C.CC. The summed E-state index contributed by atoms with van der Waals surface area (Å²) in [4.78, 5) is 0. The van der Waals surface area contributed by atoms with Crippen molar-refractivity contribution in [2.24, 2.45) is 5.92 Å². The minimum atomic E-state index is 0.343. The van der Waals surface area contributed by atoms with Crippen molar-refractivity contribution in [2.75, 3.05) is 6.54 Å². The van der Waals surface area contributed by atoms with E-state index in [4.69, 9.17) is 0 Å². The molecule has 0 saturated heterocycles. The van der Waals surface area contributed by atoms with Crippen molar-refractivity contribution in [3.63, 3.8) is 0 Å². The minimum absolute atomic E-state index is 0.343. The molecule has 0 aliphatic heterocycles. The van der Waals surface area contributed by atoms with Crippen LogP contribution in [-0.4, -0.2) is 11.7 Å². The van der Waals surface area contributed by atoms with Crippen LogP contribution in [0.1, 0.15) is 71.4 Å². The predicted molar refractivity (Wildman–Crippen MR) is 108 cm³/mol. The van der Waals surface area contributed by atoms with Gasteiger partial charge in [-0.1, -0.05) is 59.3 Å². The van der Waals surface area contributed by atoms with Crippen LogP contribution < -0.4 is 5.32 Å². The van der Waals surface area contributed by atoms with Crippen LogP contribution in [0, 0.1) is 12.8 Å². The van der Waals surface area contributed by atoms with Gasteiger partial charge < -0.3 is 10.4 Å². The molecule has 2 nitrogen and oxygen atoms in total. The molecular weight excluding hydrogens is 294 g/mol. The fourth-order valence-electron chi connectivity index (χ4n) is 2.91. The Morgan fingerprint density at radius 3 is 2.46 bits per heavy atom. The van der Waals surface area contributed by atoms with E-state index in [1.807, 2.05) is 26.0 Å². The summed E-state index contributed by atoms with van der Waals surface area (Å²) in [5.74, 6) is 0.983. The highest BCUT2D eigenvalue weighted by Gasteiger charge is 2.13. The van der Waals surface area contributed by atoms with E-state index in [0.29, 0.717) is 11.7 Å². The number of hydrogen-bond acceptors (Lipinski definition) is 2. The van der Waals surface area contributed by atoms with Gasteiger partial charge in [-0.15, -0.1) is 0 Å². The Bertz CT molecular complexity index is 515. The smallest absolute Gasteiger partial charge is 0.116 e. The molecule has 1 aromatic rings. The van der Waals surface area contributed by atoms with Gasteiger partial charge >= 0.3 is 0 Å². The first-order chi connectivity index (χ1) is 11.5. The van der Waals surface area contributed by atoms with Gasteiger partial charge in [-0.3, -0.25) is 0 Å². The summed E-state index contributed by atoms with van der Waals surface area (Å²) in [6.07, 6.45) is 6.09. The Morgan fingerprint density at radius 2 is 1.92 bits per heavy atom. The van der Waals surface area contributed by atoms with Crippen LogP contribution in [0.2, 0.25) is 0 Å². The number of hydrogen-bond donors (Lipinski definition) is 2. The standard InChI is InChI=1S/C20H31NO.C2H6/c1-6-8-17(13-15(3)4)19(11-12-21-7-2)20-14-18(22)10-9-16(20)5;1-2/h7,9-10,14-15,21-22H,2,6,8,11-13H2,1,3-5H3;1-2H3/b19-17+;. The second-order valence-corrected chi connectivity index (χ2v) is 6.34. The topological polar surface area (TPSA) is 32.3 Å². The summed E-state index contributed by atoms with van der Waals surface area (Å²) in [5, 5.41) is 13.1. The molecule has 0 heterocycles. The molecule has 24 heavy (non-hydrogen) atoms. The number of phenolic OH excluding ortho intramolecular Hbond substituents is 1. The average molecular weight is 332 g/mol. The van der Waals surface area contributed by atoms with Crippen LogP contribution in [0.5, 0.6) is 5.75 Å². The number of aromatic hydroxyl groups is 1. The lowest BCUT2D eigenvalue weighted by Gasteiger charge is -2.19. The molecule has 1 aromatic carbocycles. The highest BCUT2D eigenvalue weighted by molar-refractivity contribution is 5.72. The first kappa shape index (κ1) is 22.3. The summed E-state index contributed by atoms with van der Waals surface area (Å²) >= 11 is 0. The predicted octanol–water partition coefficient (Wildman–Crippen LogP) is 6.45. The monoisotopic (exact) mass is 331 g/mol. The van der Waals surface area contributed by atoms with Gasteiger partial charge in [0.2, 0.25) is 0 Å². The summed E-state index contributed by atoms with van der Waals surface area (Å²) in [6.45, 7) is 17.5. The fraction of sp³-hybridized carbons (Fsp3) is 0.545. The van der Waals surface area contributed by atoms with Crippen LogP contribution in [-0.2, 0) is 0 Å². The maximum Gasteiger partial charge on any atom is 0.116 e. The molecule has 2 heteroatoms. The number of allylic oxidation sites excluding steroid dienone is 1. The molecule has 0 radical (unpaired) electrons. The van der Waals surface area contributed by atoms with Crippen molar-refractivity contribution in [1.82, 2.24) is 5.32 Å². The molecule has 0 atom stereocenters. The molecule has 0 fully saturated rings. The lowest BCUT2D eigenvalue weighted by atomic mass is 9.87. The molecule has 1 rings (SSSR count). The molecule has 0 aromatic heterocycles. The Morgan fingerprint density at radius 1 is 1.25 bits per heavy atom. The van der Waals surface area contributed by atoms with E-state index >= 15 is 0 Å². The van der Waals surface area contributed by atoms with Gasteiger partial charge in [-0.2, -0.15) is 0 Å². The van der Waals surface area contributed by atoms with Gasteiger partial charge in [0, 0.05) is 6.54 Å². The van der Waals surface area contributed by atoms with Gasteiger partial charge in [0.25, 0.3) is 0 Å². The second kappa shape index (κ2) is 12.7. The number of phenols is 1. The Kier molecular flexibility index (Phi) is 11.8. The zero-order chi connectivity index (χ0) is 18.5. The Labute approximate surface area is 149 Å². The normalized spacial score (nSPS) is 11.5. The van der Waals surface area contributed by atoms with Crippen molar-refractivity contribution < 1.29 is 5.11 Å². The number of nitrogens with one attached hydrogen (secondary N) is 1. The van der Waals surface area contributed by atoms with E-state index in [2.05, 4.69) is 39.6 Å². The van der Waals surface area contributed by atoms with Crippen LogP contribution in [0.25, 0.3) is 5.57 Å². The van der Waals surface area contributed by atoms with E-state index < -0.39 is 0 Å². The van der Waals surface area contributed by atoms with Crippen molar-refractivity contribution in [3.05, 3.63) is 47.7 Å². The number of benzene rings is 1. The zero-order valence-corrected chi connectivity index (χ0v) is 16.6. The van der Waals surface area contributed by atoms with Gasteiger partial charge in [0.05, 0.1) is 0 Å². The summed E-state index contributed by atoms with van der Waals surface area (Å²) in [6, 6.07) is 5.68. The van der Waals surface area contributed by atoms with Crippen LogP contribution in [0.3, 0.4) is 0 Å². The molecular formula is C22H37NO. The Balaban J connectivity index is 0.00000254. The van der Waals surface area contributed by atoms with Crippen molar-refractivity contribution in [1.29, 1.82) is 0 Å². The second-order valence-electron chi connectivity index (χ2n) is 6.34. The first-order valence-corrected chi connectivity index (χ1v) is 9.34. The third-order valence-electron chi connectivity index (χ3n) is 3.84. The first-order valence-electron chi connectivity index (χ1n) is 9.34. The minimum Gasteiger partial charge on any atom is -0.508 e. The molecule has 0 aliphatic rings. The lowest BCUT2D eigenvalue weighted by molar-refractivity contribution is 0.475. The fourth-order valence-corrected chi connectivity index (χ4v) is 2.91. The maximum absolute atomic E-state index is 9.90. The molecule has 0 saturated carbocycles. The molecule has 2 N–H and O–H groups in total. The van der Waals surface area contributed by atoms with Crippen molar-refractivity contribution in [3.8, 4) is 5.75 Å². The number of rotatable bonds is 9. The zero-order valence-electron chi connectivity index (χ0n) is 16.6. The molecule has 0 bridgehead atoms. The summed E-state index contributed by atoms with van der Waals surface area (Å²) in [5.41, 5.74) is 5.33. The quantitative estimate of drug-likeness (QED) is 0.510. The summed E-state index contributed by atoms with van der Waals surface area (Å²) < 4.78 is 0. The van der Waals surface area contributed by atoms with E-state index in [1.165, 1.54) is 22.3 Å². The highest BCUT2D eigenvalue weighted by Crippen LogP contribution is 2.32.